The molecule has 1 unspecified atom stereocenters. The Bertz CT molecular complexity index is 510. The lowest BCUT2D eigenvalue weighted by atomic mass is 10.1. The van der Waals surface area contributed by atoms with Crippen LogP contribution in [0.1, 0.15) is 55.6 Å². The fraction of sp³-hybridized carbons (Fsp3) is 0.722. The number of piperazine rings is 1. The van der Waals surface area contributed by atoms with Crippen LogP contribution in [-0.2, 0) is 0 Å². The van der Waals surface area contributed by atoms with Crippen molar-refractivity contribution in [1.29, 1.82) is 0 Å². The van der Waals surface area contributed by atoms with Crippen molar-refractivity contribution in [1.82, 2.24) is 14.4 Å². The SMILES string of the molecule is CCC(CO)N1CCN(C(=O)c2cccn2C2CCCC2)CC1. The Balaban J connectivity index is 1.63. The molecule has 1 aliphatic heterocycles. The number of aromatic nitrogens is 1. The minimum absolute atomic E-state index is 0.165. The predicted octanol–water partition coefficient (Wildman–Crippen LogP) is 2.13. The predicted molar refractivity (Wildman–Crippen MR) is 90.6 cm³/mol. The zero-order valence-electron chi connectivity index (χ0n) is 14.2. The van der Waals surface area contributed by atoms with Crippen LogP contribution in [0.15, 0.2) is 18.3 Å². The molecule has 128 valence electrons. The summed E-state index contributed by atoms with van der Waals surface area (Å²) in [4.78, 5) is 17.2. The average Bonchev–Trinajstić information content (AvgIpc) is 3.27. The van der Waals surface area contributed by atoms with Crippen molar-refractivity contribution in [3.63, 3.8) is 0 Å². The molecule has 3 rings (SSSR count). The Kier molecular flexibility index (Phi) is 5.38. The van der Waals surface area contributed by atoms with E-state index in [2.05, 4.69) is 22.6 Å². The Hall–Kier alpha value is -1.33. The van der Waals surface area contributed by atoms with Crippen LogP contribution in [-0.4, -0.2) is 64.2 Å². The molecule has 0 bridgehead atoms. The smallest absolute Gasteiger partial charge is 0.270 e. The van der Waals surface area contributed by atoms with Crippen molar-refractivity contribution in [3.8, 4) is 0 Å². The first kappa shape index (κ1) is 16.5. The molecule has 0 aromatic carbocycles. The molecule has 1 aromatic rings. The van der Waals surface area contributed by atoms with Crippen LogP contribution in [0.4, 0.5) is 0 Å². The lowest BCUT2D eigenvalue weighted by molar-refractivity contribution is 0.0463. The third-order valence-electron chi connectivity index (χ3n) is 5.52. The van der Waals surface area contributed by atoms with Crippen LogP contribution in [0.5, 0.6) is 0 Å². The third kappa shape index (κ3) is 3.45. The summed E-state index contributed by atoms with van der Waals surface area (Å²) < 4.78 is 2.20. The van der Waals surface area contributed by atoms with E-state index in [0.29, 0.717) is 6.04 Å². The second-order valence-electron chi connectivity index (χ2n) is 6.81. The Morgan fingerprint density at radius 3 is 2.57 bits per heavy atom. The van der Waals surface area contributed by atoms with E-state index < -0.39 is 0 Å². The number of nitrogens with zero attached hydrogens (tertiary/aromatic N) is 3. The molecule has 2 fully saturated rings. The summed E-state index contributed by atoms with van der Waals surface area (Å²) >= 11 is 0. The van der Waals surface area contributed by atoms with E-state index in [1.54, 1.807) is 0 Å². The van der Waals surface area contributed by atoms with Gasteiger partial charge in [-0.3, -0.25) is 9.69 Å². The van der Waals surface area contributed by atoms with Crippen molar-refractivity contribution in [2.75, 3.05) is 32.8 Å². The maximum Gasteiger partial charge on any atom is 0.270 e. The monoisotopic (exact) mass is 319 g/mol. The van der Waals surface area contributed by atoms with Crippen molar-refractivity contribution in [2.24, 2.45) is 0 Å². The van der Waals surface area contributed by atoms with Gasteiger partial charge in [0.1, 0.15) is 5.69 Å². The van der Waals surface area contributed by atoms with Gasteiger partial charge >= 0.3 is 0 Å². The summed E-state index contributed by atoms with van der Waals surface area (Å²) in [5.74, 6) is 0.165. The molecule has 1 saturated carbocycles. The zero-order chi connectivity index (χ0) is 16.2. The van der Waals surface area contributed by atoms with E-state index in [4.69, 9.17) is 0 Å². The second-order valence-corrected chi connectivity index (χ2v) is 6.81. The van der Waals surface area contributed by atoms with Gasteiger partial charge in [-0.2, -0.15) is 0 Å². The highest BCUT2D eigenvalue weighted by atomic mass is 16.3. The summed E-state index contributed by atoms with van der Waals surface area (Å²) in [5, 5.41) is 9.44. The fourth-order valence-electron chi connectivity index (χ4n) is 4.03. The van der Waals surface area contributed by atoms with E-state index >= 15 is 0 Å². The molecule has 5 heteroatoms. The van der Waals surface area contributed by atoms with Crippen LogP contribution in [0.3, 0.4) is 0 Å². The van der Waals surface area contributed by atoms with E-state index in [0.717, 1.165) is 38.3 Å². The van der Waals surface area contributed by atoms with Gasteiger partial charge in [0.05, 0.1) is 6.61 Å². The Morgan fingerprint density at radius 2 is 1.96 bits per heavy atom. The van der Waals surface area contributed by atoms with Crippen LogP contribution in [0.25, 0.3) is 0 Å². The van der Waals surface area contributed by atoms with E-state index in [-0.39, 0.29) is 18.6 Å². The number of carbonyl (C=O) groups excluding carboxylic acids is 1. The molecule has 1 atom stereocenters. The quantitative estimate of drug-likeness (QED) is 0.904. The van der Waals surface area contributed by atoms with Crippen molar-refractivity contribution >= 4 is 5.91 Å². The van der Waals surface area contributed by atoms with Crippen molar-refractivity contribution in [2.45, 2.75) is 51.1 Å². The minimum atomic E-state index is 0.165. The average molecular weight is 319 g/mol. The first-order valence-electron chi connectivity index (χ1n) is 9.05. The maximum absolute atomic E-state index is 12.9. The van der Waals surface area contributed by atoms with Gasteiger partial charge in [-0.15, -0.1) is 0 Å². The van der Waals surface area contributed by atoms with Crippen LogP contribution in [0, 0.1) is 0 Å². The molecule has 1 amide bonds. The molecule has 2 heterocycles. The van der Waals surface area contributed by atoms with Gasteiger partial charge in [-0.25, -0.2) is 0 Å². The molecular weight excluding hydrogens is 290 g/mol. The first-order chi connectivity index (χ1) is 11.2. The van der Waals surface area contributed by atoms with Crippen molar-refractivity contribution < 1.29 is 9.90 Å². The largest absolute Gasteiger partial charge is 0.395 e. The summed E-state index contributed by atoms with van der Waals surface area (Å²) in [6, 6.07) is 4.70. The number of hydrogen-bond acceptors (Lipinski definition) is 3. The number of rotatable bonds is 5. The summed E-state index contributed by atoms with van der Waals surface area (Å²) in [6.07, 6.45) is 7.95. The van der Waals surface area contributed by atoms with Gasteiger partial charge in [-0.1, -0.05) is 19.8 Å². The molecule has 0 radical (unpaired) electrons. The van der Waals surface area contributed by atoms with Gasteiger partial charge in [0, 0.05) is 44.5 Å². The first-order valence-corrected chi connectivity index (χ1v) is 9.05. The van der Waals surface area contributed by atoms with E-state index in [9.17, 15) is 9.90 Å². The molecule has 1 saturated heterocycles. The highest BCUT2D eigenvalue weighted by Gasteiger charge is 2.28. The molecular formula is C18H29N3O2. The zero-order valence-corrected chi connectivity index (χ0v) is 14.2. The highest BCUT2D eigenvalue weighted by molar-refractivity contribution is 5.93. The highest BCUT2D eigenvalue weighted by Crippen LogP contribution is 2.31. The van der Waals surface area contributed by atoms with Gasteiger partial charge in [-0.05, 0) is 31.4 Å². The normalized spacial score (nSPS) is 21.7. The Labute approximate surface area is 138 Å². The van der Waals surface area contributed by atoms with Gasteiger partial charge in [0.25, 0.3) is 5.91 Å². The minimum Gasteiger partial charge on any atom is -0.395 e. The van der Waals surface area contributed by atoms with Gasteiger partial charge in [0.2, 0.25) is 0 Å². The molecule has 1 N–H and O–H groups in total. The molecule has 23 heavy (non-hydrogen) atoms. The maximum atomic E-state index is 12.9. The van der Waals surface area contributed by atoms with E-state index in [1.807, 2.05) is 17.0 Å². The number of aliphatic hydroxyl groups excluding tert-OH is 1. The van der Waals surface area contributed by atoms with E-state index in [1.165, 1.54) is 25.7 Å². The second kappa shape index (κ2) is 7.49. The number of hydrogen-bond donors (Lipinski definition) is 1. The lowest BCUT2D eigenvalue weighted by Crippen LogP contribution is -2.53. The lowest BCUT2D eigenvalue weighted by Gasteiger charge is -2.38. The molecule has 1 aromatic heterocycles. The number of carbonyl (C=O) groups is 1. The van der Waals surface area contributed by atoms with Crippen LogP contribution < -0.4 is 0 Å². The van der Waals surface area contributed by atoms with Gasteiger partial charge in [0.15, 0.2) is 0 Å². The molecule has 5 nitrogen and oxygen atoms in total. The standard InChI is InChI=1S/C18H29N3O2/c1-2-15(14-22)19-10-12-20(13-11-19)18(23)17-8-5-9-21(17)16-6-3-4-7-16/h5,8-9,15-16,22H,2-4,6-7,10-14H2,1H3. The summed E-state index contributed by atoms with van der Waals surface area (Å²) in [6.45, 7) is 5.53. The molecule has 0 spiro atoms. The summed E-state index contributed by atoms with van der Waals surface area (Å²) in [7, 11) is 0. The topological polar surface area (TPSA) is 48.7 Å². The van der Waals surface area contributed by atoms with Crippen LogP contribution in [0.2, 0.25) is 0 Å². The Morgan fingerprint density at radius 1 is 1.26 bits per heavy atom. The van der Waals surface area contributed by atoms with Gasteiger partial charge < -0.3 is 14.6 Å². The number of amides is 1. The molecule has 2 aliphatic rings. The fourth-order valence-corrected chi connectivity index (χ4v) is 4.03. The summed E-state index contributed by atoms with van der Waals surface area (Å²) in [5.41, 5.74) is 0.847. The third-order valence-corrected chi connectivity index (χ3v) is 5.52. The van der Waals surface area contributed by atoms with Crippen molar-refractivity contribution in [3.05, 3.63) is 24.0 Å². The molecule has 1 aliphatic carbocycles. The van der Waals surface area contributed by atoms with Crippen LogP contribution >= 0.6 is 0 Å². The number of aliphatic hydroxyl groups is 1.